The van der Waals surface area contributed by atoms with E-state index in [4.69, 9.17) is 14.4 Å². The van der Waals surface area contributed by atoms with Gasteiger partial charge in [-0.15, -0.1) is 0 Å². The molecule has 0 aliphatic carbocycles. The lowest BCUT2D eigenvalue weighted by atomic mass is 9.75. The molecule has 1 saturated heterocycles. The number of nitrogens with one attached hydrogen (secondary N) is 1. The van der Waals surface area contributed by atoms with Gasteiger partial charge < -0.3 is 14.6 Å². The molecule has 1 heterocycles. The molecule has 0 unspecified atom stereocenters. The Morgan fingerprint density at radius 3 is 2.00 bits per heavy atom. The maximum Gasteiger partial charge on any atom is 0.497 e. The van der Waals surface area contributed by atoms with Crippen LogP contribution in [0.1, 0.15) is 44.4 Å². The van der Waals surface area contributed by atoms with Gasteiger partial charge in [0, 0.05) is 17.7 Å². The predicted octanol–water partition coefficient (Wildman–Crippen LogP) is 3.57. The van der Waals surface area contributed by atoms with Gasteiger partial charge >= 0.3 is 13.3 Å². The Balaban J connectivity index is 1.96. The van der Waals surface area contributed by atoms with Crippen molar-refractivity contribution in [2.45, 2.75) is 63.4 Å². The minimum atomic E-state index is -4.41. The van der Waals surface area contributed by atoms with Crippen LogP contribution in [0.4, 0.5) is 18.9 Å². The van der Waals surface area contributed by atoms with Crippen molar-refractivity contribution in [1.29, 1.82) is 0 Å². The van der Waals surface area contributed by atoms with Crippen LogP contribution in [0.3, 0.4) is 0 Å². The zero-order chi connectivity index (χ0) is 24.1. The van der Waals surface area contributed by atoms with E-state index in [1.165, 1.54) is 18.2 Å². The van der Waals surface area contributed by atoms with Crippen molar-refractivity contribution in [2.24, 2.45) is 5.14 Å². The minimum absolute atomic E-state index is 0.0534. The van der Waals surface area contributed by atoms with Gasteiger partial charge in [0.15, 0.2) is 0 Å². The lowest BCUT2D eigenvalue weighted by Crippen LogP contribution is -2.41. The Hall–Kier alpha value is -2.08. The quantitative estimate of drug-likeness (QED) is 0.653. The third-order valence-electron chi connectivity index (χ3n) is 6.02. The zero-order valence-corrected chi connectivity index (χ0v) is 19.3. The van der Waals surface area contributed by atoms with Gasteiger partial charge in [0.2, 0.25) is 10.0 Å². The molecular formula is C21H26BF3N2O4S. The van der Waals surface area contributed by atoms with Crippen LogP contribution in [0.2, 0.25) is 0 Å². The summed E-state index contributed by atoms with van der Waals surface area (Å²) < 4.78 is 74.8. The third kappa shape index (κ3) is 4.80. The SMILES string of the molecule is Cc1c(S(N)(=O)=O)ccc(NCc2ccc(C(F)(F)F)cc2)c1B1OC(C)(C)C(C)(C)O1. The number of alkyl halides is 3. The van der Waals surface area contributed by atoms with Crippen molar-refractivity contribution >= 4 is 28.3 Å². The Labute approximate surface area is 186 Å². The van der Waals surface area contributed by atoms with Gasteiger partial charge in [-0.3, -0.25) is 0 Å². The van der Waals surface area contributed by atoms with Gasteiger partial charge in [0.1, 0.15) is 0 Å². The average molecular weight is 470 g/mol. The molecule has 3 rings (SSSR count). The number of hydrogen-bond donors (Lipinski definition) is 2. The first-order valence-electron chi connectivity index (χ1n) is 9.95. The van der Waals surface area contributed by atoms with Crippen LogP contribution in [0.5, 0.6) is 0 Å². The Kier molecular flexibility index (Phi) is 6.18. The van der Waals surface area contributed by atoms with Crippen LogP contribution in [-0.2, 0) is 32.1 Å². The van der Waals surface area contributed by atoms with Crippen molar-refractivity contribution in [2.75, 3.05) is 5.32 Å². The smallest absolute Gasteiger partial charge is 0.399 e. The zero-order valence-electron chi connectivity index (χ0n) is 18.5. The second-order valence-corrected chi connectivity index (χ2v) is 10.4. The molecule has 32 heavy (non-hydrogen) atoms. The number of benzene rings is 2. The Bertz CT molecular complexity index is 1100. The second kappa shape index (κ2) is 8.05. The first-order valence-corrected chi connectivity index (χ1v) is 11.5. The number of primary sulfonamides is 1. The molecule has 0 amide bonds. The molecule has 0 bridgehead atoms. The van der Waals surface area contributed by atoms with E-state index < -0.39 is 40.1 Å². The molecule has 3 N–H and O–H groups in total. The number of halogens is 3. The second-order valence-electron chi connectivity index (χ2n) is 8.83. The number of nitrogens with two attached hydrogens (primary N) is 1. The van der Waals surface area contributed by atoms with E-state index in [0.717, 1.165) is 12.1 Å². The van der Waals surface area contributed by atoms with E-state index in [1.807, 2.05) is 27.7 Å². The van der Waals surface area contributed by atoms with Crippen molar-refractivity contribution < 1.29 is 30.9 Å². The number of rotatable bonds is 5. The first-order chi connectivity index (χ1) is 14.5. The fraction of sp³-hybridized carbons (Fsp3) is 0.429. The molecule has 0 atom stereocenters. The van der Waals surface area contributed by atoms with E-state index in [9.17, 15) is 21.6 Å². The maximum absolute atomic E-state index is 12.8. The molecule has 0 radical (unpaired) electrons. The lowest BCUT2D eigenvalue weighted by molar-refractivity contribution is -0.137. The van der Waals surface area contributed by atoms with Gasteiger partial charge in [-0.2, -0.15) is 13.2 Å². The number of sulfonamides is 1. The van der Waals surface area contributed by atoms with Gasteiger partial charge in [-0.1, -0.05) is 12.1 Å². The van der Waals surface area contributed by atoms with E-state index in [2.05, 4.69) is 5.32 Å². The maximum atomic E-state index is 12.8. The highest BCUT2D eigenvalue weighted by Gasteiger charge is 2.53. The first kappa shape index (κ1) is 24.6. The molecule has 0 aromatic heterocycles. The van der Waals surface area contributed by atoms with Crippen molar-refractivity contribution in [1.82, 2.24) is 0 Å². The molecule has 174 valence electrons. The highest BCUT2D eigenvalue weighted by atomic mass is 32.2. The van der Waals surface area contributed by atoms with Crippen molar-refractivity contribution in [3.63, 3.8) is 0 Å². The summed E-state index contributed by atoms with van der Waals surface area (Å²) in [6.07, 6.45) is -4.41. The van der Waals surface area contributed by atoms with Crippen LogP contribution in [0.15, 0.2) is 41.3 Å². The molecule has 0 saturated carbocycles. The summed E-state index contributed by atoms with van der Waals surface area (Å²) in [6.45, 7) is 9.33. The summed E-state index contributed by atoms with van der Waals surface area (Å²) in [6, 6.07) is 7.74. The molecule has 2 aromatic rings. The molecule has 6 nitrogen and oxygen atoms in total. The summed E-state index contributed by atoms with van der Waals surface area (Å²) in [5, 5.41) is 8.54. The highest BCUT2D eigenvalue weighted by molar-refractivity contribution is 7.89. The summed E-state index contributed by atoms with van der Waals surface area (Å²) in [5.41, 5.74) is -0.0453. The number of anilines is 1. The van der Waals surface area contributed by atoms with Crippen molar-refractivity contribution in [3.05, 3.63) is 53.1 Å². The largest absolute Gasteiger partial charge is 0.497 e. The van der Waals surface area contributed by atoms with Crippen LogP contribution in [-0.4, -0.2) is 26.7 Å². The minimum Gasteiger partial charge on any atom is -0.399 e. The summed E-state index contributed by atoms with van der Waals surface area (Å²) in [5.74, 6) is 0. The molecule has 2 aromatic carbocycles. The van der Waals surface area contributed by atoms with Gasteiger partial charge in [0.05, 0.1) is 21.7 Å². The van der Waals surface area contributed by atoms with Crippen molar-refractivity contribution in [3.8, 4) is 0 Å². The molecule has 1 fully saturated rings. The third-order valence-corrected chi connectivity index (χ3v) is 7.08. The lowest BCUT2D eigenvalue weighted by Gasteiger charge is -2.32. The normalized spacial score (nSPS) is 18.1. The van der Waals surface area contributed by atoms with Gasteiger partial charge in [-0.05, 0) is 70.0 Å². The fourth-order valence-electron chi connectivity index (χ4n) is 3.44. The summed E-state index contributed by atoms with van der Waals surface area (Å²) in [7, 11) is -4.86. The highest BCUT2D eigenvalue weighted by Crippen LogP contribution is 2.38. The van der Waals surface area contributed by atoms with Crippen LogP contribution < -0.4 is 15.9 Å². The van der Waals surface area contributed by atoms with Gasteiger partial charge in [-0.25, -0.2) is 13.6 Å². The predicted molar refractivity (Wildman–Crippen MR) is 117 cm³/mol. The number of hydrogen-bond acceptors (Lipinski definition) is 5. The van der Waals surface area contributed by atoms with E-state index in [-0.39, 0.29) is 11.4 Å². The summed E-state index contributed by atoms with van der Waals surface area (Å²) in [4.78, 5) is -0.0534. The summed E-state index contributed by atoms with van der Waals surface area (Å²) >= 11 is 0. The Morgan fingerprint density at radius 1 is 1.00 bits per heavy atom. The van der Waals surface area contributed by atoms with Gasteiger partial charge in [0.25, 0.3) is 0 Å². The standard InChI is InChI=1S/C21H26BF3N2O4S/c1-13-17(32(26,28)29)11-10-16(18(13)22-30-19(2,3)20(4,5)31-22)27-12-14-6-8-15(9-7-14)21(23,24)25/h6-11,27H,12H2,1-5H3,(H2,26,28,29). The van der Waals surface area contributed by atoms with E-state index in [0.29, 0.717) is 22.3 Å². The monoisotopic (exact) mass is 470 g/mol. The van der Waals surface area contributed by atoms with Crippen LogP contribution >= 0.6 is 0 Å². The van der Waals surface area contributed by atoms with Crippen LogP contribution in [0, 0.1) is 6.92 Å². The molecule has 1 aliphatic heterocycles. The van der Waals surface area contributed by atoms with E-state index >= 15 is 0 Å². The molecule has 0 spiro atoms. The van der Waals surface area contributed by atoms with E-state index in [1.54, 1.807) is 13.0 Å². The van der Waals surface area contributed by atoms with Crippen LogP contribution in [0.25, 0.3) is 0 Å². The average Bonchev–Trinajstić information content (AvgIpc) is 2.85. The molecule has 11 heteroatoms. The fourth-order valence-corrected chi connectivity index (χ4v) is 4.24. The topological polar surface area (TPSA) is 90.7 Å². The Morgan fingerprint density at radius 2 is 1.53 bits per heavy atom. The molecule has 1 aliphatic rings. The molecular weight excluding hydrogens is 444 g/mol.